The highest BCUT2D eigenvalue weighted by molar-refractivity contribution is 9.10. The molecule has 3 nitrogen and oxygen atoms in total. The largest absolute Gasteiger partial charge is 0.314 e. The van der Waals surface area contributed by atoms with Crippen molar-refractivity contribution >= 4 is 15.9 Å². The van der Waals surface area contributed by atoms with E-state index in [1.165, 1.54) is 42.3 Å². The molecule has 1 aromatic rings. The van der Waals surface area contributed by atoms with Gasteiger partial charge < -0.3 is 5.32 Å². The third kappa shape index (κ3) is 3.64. The molecule has 1 atom stereocenters. The van der Waals surface area contributed by atoms with E-state index in [9.17, 15) is 0 Å². The summed E-state index contributed by atoms with van der Waals surface area (Å²) in [4.78, 5) is 0. The fourth-order valence-corrected chi connectivity index (χ4v) is 3.92. The van der Waals surface area contributed by atoms with Crippen molar-refractivity contribution in [1.82, 2.24) is 15.1 Å². The summed E-state index contributed by atoms with van der Waals surface area (Å²) in [7, 11) is 0. The summed E-state index contributed by atoms with van der Waals surface area (Å²) in [6.45, 7) is 8.48. The third-order valence-corrected chi connectivity index (χ3v) is 5.58. The molecule has 1 N–H and O–H groups in total. The monoisotopic (exact) mass is 341 g/mol. The number of hydrogen-bond acceptors (Lipinski definition) is 2. The van der Waals surface area contributed by atoms with Gasteiger partial charge in [-0.3, -0.25) is 4.68 Å². The first-order valence-electron chi connectivity index (χ1n) is 8.12. The van der Waals surface area contributed by atoms with Crippen molar-refractivity contribution in [3.05, 3.63) is 15.9 Å². The number of halogens is 1. The van der Waals surface area contributed by atoms with E-state index in [1.807, 2.05) is 0 Å². The van der Waals surface area contributed by atoms with Crippen LogP contribution in [0, 0.1) is 12.8 Å². The molecule has 0 aliphatic heterocycles. The van der Waals surface area contributed by atoms with Crippen molar-refractivity contribution in [2.45, 2.75) is 71.9 Å². The van der Waals surface area contributed by atoms with Crippen LogP contribution in [0.4, 0.5) is 0 Å². The maximum absolute atomic E-state index is 4.63. The lowest BCUT2D eigenvalue weighted by atomic mass is 9.82. The van der Waals surface area contributed by atoms with Crippen molar-refractivity contribution in [3.8, 4) is 0 Å². The van der Waals surface area contributed by atoms with Crippen LogP contribution in [0.3, 0.4) is 0 Å². The average Bonchev–Trinajstić information content (AvgIpc) is 2.75. The minimum absolute atomic E-state index is 0.595. The van der Waals surface area contributed by atoms with Gasteiger partial charge in [0, 0.05) is 19.0 Å². The van der Waals surface area contributed by atoms with Crippen LogP contribution in [0.2, 0.25) is 0 Å². The van der Waals surface area contributed by atoms with E-state index in [1.54, 1.807) is 0 Å². The standard InChI is InChI=1S/C16H28BrN3/c1-4-18-14(13-9-7-6-8-10-13)11-15-16(17)12(3)19-20(15)5-2/h13-14,18H,4-11H2,1-3H3. The number of aryl methyl sites for hydroxylation is 2. The molecule has 0 bridgehead atoms. The summed E-state index contributed by atoms with van der Waals surface area (Å²) in [6.07, 6.45) is 8.08. The maximum atomic E-state index is 4.63. The Kier molecular flexibility index (Phi) is 6.09. The second kappa shape index (κ2) is 7.60. The third-order valence-electron chi connectivity index (χ3n) is 4.55. The summed E-state index contributed by atoms with van der Waals surface area (Å²) in [5.41, 5.74) is 2.47. The van der Waals surface area contributed by atoms with Crippen LogP contribution >= 0.6 is 15.9 Å². The topological polar surface area (TPSA) is 29.9 Å². The highest BCUT2D eigenvalue weighted by atomic mass is 79.9. The van der Waals surface area contributed by atoms with Gasteiger partial charge in [-0.05, 0) is 55.1 Å². The Hall–Kier alpha value is -0.350. The molecular weight excluding hydrogens is 314 g/mol. The van der Waals surface area contributed by atoms with Crippen LogP contribution in [0.15, 0.2) is 4.47 Å². The molecule has 0 amide bonds. The highest BCUT2D eigenvalue weighted by Crippen LogP contribution is 2.30. The zero-order valence-corrected chi connectivity index (χ0v) is 14.7. The minimum Gasteiger partial charge on any atom is -0.314 e. The number of likely N-dealkylation sites (N-methyl/N-ethyl adjacent to an activating group) is 1. The van der Waals surface area contributed by atoms with Crippen molar-refractivity contribution < 1.29 is 0 Å². The van der Waals surface area contributed by atoms with Gasteiger partial charge in [0.1, 0.15) is 0 Å². The van der Waals surface area contributed by atoms with Gasteiger partial charge in [-0.2, -0.15) is 5.10 Å². The van der Waals surface area contributed by atoms with E-state index in [2.05, 4.69) is 51.8 Å². The fraction of sp³-hybridized carbons (Fsp3) is 0.812. The Labute approximate surface area is 131 Å². The minimum atomic E-state index is 0.595. The first-order valence-corrected chi connectivity index (χ1v) is 8.91. The number of hydrogen-bond donors (Lipinski definition) is 1. The lowest BCUT2D eigenvalue weighted by Gasteiger charge is -2.31. The first kappa shape index (κ1) is 16.0. The zero-order chi connectivity index (χ0) is 14.5. The van der Waals surface area contributed by atoms with Crippen LogP contribution in [-0.2, 0) is 13.0 Å². The van der Waals surface area contributed by atoms with Gasteiger partial charge >= 0.3 is 0 Å². The average molecular weight is 342 g/mol. The van der Waals surface area contributed by atoms with Crippen molar-refractivity contribution in [3.63, 3.8) is 0 Å². The molecule has 1 saturated carbocycles. The first-order chi connectivity index (χ1) is 9.67. The summed E-state index contributed by atoms with van der Waals surface area (Å²) >= 11 is 3.73. The summed E-state index contributed by atoms with van der Waals surface area (Å²) in [5, 5.41) is 8.36. The lowest BCUT2D eigenvalue weighted by Crippen LogP contribution is -2.39. The SMILES string of the molecule is CCNC(Cc1c(Br)c(C)nn1CC)C1CCCCC1. The molecule has 1 aromatic heterocycles. The molecule has 0 spiro atoms. The van der Waals surface area contributed by atoms with Crippen LogP contribution in [0.5, 0.6) is 0 Å². The van der Waals surface area contributed by atoms with Gasteiger partial charge in [0.2, 0.25) is 0 Å². The molecule has 0 radical (unpaired) electrons. The molecule has 4 heteroatoms. The molecule has 0 saturated heterocycles. The zero-order valence-electron chi connectivity index (χ0n) is 13.1. The molecule has 1 unspecified atom stereocenters. The fourth-order valence-electron chi connectivity index (χ4n) is 3.48. The Balaban J connectivity index is 2.14. The summed E-state index contributed by atoms with van der Waals surface area (Å²) in [5.74, 6) is 0.830. The van der Waals surface area contributed by atoms with E-state index in [-0.39, 0.29) is 0 Å². The van der Waals surface area contributed by atoms with E-state index in [0.29, 0.717) is 6.04 Å². The summed E-state index contributed by atoms with van der Waals surface area (Å²) in [6, 6.07) is 0.595. The molecule has 1 heterocycles. The Morgan fingerprint density at radius 2 is 2.00 bits per heavy atom. The van der Waals surface area contributed by atoms with Crippen LogP contribution in [0.25, 0.3) is 0 Å². The second-order valence-corrected chi connectivity index (χ2v) is 6.72. The molecule has 1 aliphatic rings. The molecule has 1 fully saturated rings. The van der Waals surface area contributed by atoms with Gasteiger partial charge in [-0.15, -0.1) is 0 Å². The van der Waals surface area contributed by atoms with Gasteiger partial charge in [-0.25, -0.2) is 0 Å². The van der Waals surface area contributed by atoms with Gasteiger partial charge in [-0.1, -0.05) is 26.2 Å². The van der Waals surface area contributed by atoms with Crippen LogP contribution in [0.1, 0.15) is 57.3 Å². The molecule has 20 heavy (non-hydrogen) atoms. The quantitative estimate of drug-likeness (QED) is 0.844. The second-order valence-electron chi connectivity index (χ2n) is 5.93. The van der Waals surface area contributed by atoms with Gasteiger partial charge in [0.05, 0.1) is 15.9 Å². The predicted octanol–water partition coefficient (Wildman–Crippen LogP) is 4.07. The van der Waals surface area contributed by atoms with Crippen molar-refractivity contribution in [2.75, 3.05) is 6.54 Å². The van der Waals surface area contributed by atoms with E-state index < -0.39 is 0 Å². The number of aromatic nitrogens is 2. The van der Waals surface area contributed by atoms with E-state index in [0.717, 1.165) is 31.1 Å². The van der Waals surface area contributed by atoms with Crippen molar-refractivity contribution in [2.24, 2.45) is 5.92 Å². The number of nitrogens with zero attached hydrogens (tertiary/aromatic N) is 2. The smallest absolute Gasteiger partial charge is 0.0738 e. The van der Waals surface area contributed by atoms with Crippen LogP contribution in [-0.4, -0.2) is 22.4 Å². The molecule has 0 aromatic carbocycles. The Morgan fingerprint density at radius 3 is 2.60 bits per heavy atom. The molecule has 2 rings (SSSR count). The van der Waals surface area contributed by atoms with E-state index >= 15 is 0 Å². The predicted molar refractivity (Wildman–Crippen MR) is 88.1 cm³/mol. The molecular formula is C16H28BrN3. The molecule has 114 valence electrons. The van der Waals surface area contributed by atoms with Crippen molar-refractivity contribution in [1.29, 1.82) is 0 Å². The maximum Gasteiger partial charge on any atom is 0.0738 e. The lowest BCUT2D eigenvalue weighted by molar-refractivity contribution is 0.266. The van der Waals surface area contributed by atoms with Crippen LogP contribution < -0.4 is 5.32 Å². The van der Waals surface area contributed by atoms with E-state index in [4.69, 9.17) is 0 Å². The molecule has 1 aliphatic carbocycles. The number of rotatable bonds is 6. The van der Waals surface area contributed by atoms with Gasteiger partial charge in [0.25, 0.3) is 0 Å². The summed E-state index contributed by atoms with van der Waals surface area (Å²) < 4.78 is 3.37. The Bertz CT molecular complexity index is 422. The normalized spacial score (nSPS) is 18.4. The van der Waals surface area contributed by atoms with Gasteiger partial charge in [0.15, 0.2) is 0 Å². The Morgan fingerprint density at radius 1 is 1.30 bits per heavy atom. The number of nitrogens with one attached hydrogen (secondary N) is 1. The highest BCUT2D eigenvalue weighted by Gasteiger charge is 2.25.